The third-order valence-electron chi connectivity index (χ3n) is 5.16. The Morgan fingerprint density at radius 3 is 2.60 bits per heavy atom. The zero-order valence-electron chi connectivity index (χ0n) is 15.2. The molecule has 1 saturated heterocycles. The van der Waals surface area contributed by atoms with Gasteiger partial charge in [0.1, 0.15) is 5.75 Å². The van der Waals surface area contributed by atoms with Crippen LogP contribution in [-0.2, 0) is 10.2 Å². The summed E-state index contributed by atoms with van der Waals surface area (Å²) in [4.78, 5) is 4.23. The molecule has 1 fully saturated rings. The Hall–Kier alpha value is -1.91. The fourth-order valence-corrected chi connectivity index (χ4v) is 3.50. The summed E-state index contributed by atoms with van der Waals surface area (Å²) in [6.45, 7) is 7.47. The summed E-state index contributed by atoms with van der Waals surface area (Å²) < 4.78 is 11.2. The van der Waals surface area contributed by atoms with Crippen molar-refractivity contribution in [3.8, 4) is 5.75 Å². The summed E-state index contributed by atoms with van der Waals surface area (Å²) >= 11 is 0. The minimum atomic E-state index is 0.111. The van der Waals surface area contributed by atoms with E-state index in [4.69, 9.17) is 9.47 Å². The van der Waals surface area contributed by atoms with E-state index in [1.165, 1.54) is 11.1 Å². The van der Waals surface area contributed by atoms with Crippen molar-refractivity contribution < 1.29 is 9.47 Å². The second-order valence-electron chi connectivity index (χ2n) is 6.74. The van der Waals surface area contributed by atoms with Crippen LogP contribution in [0, 0.1) is 0 Å². The Labute approximate surface area is 150 Å². The highest BCUT2D eigenvalue weighted by Gasteiger charge is 2.34. The van der Waals surface area contributed by atoms with Crippen molar-refractivity contribution in [2.45, 2.75) is 38.1 Å². The van der Waals surface area contributed by atoms with Crippen molar-refractivity contribution in [2.75, 3.05) is 26.4 Å². The van der Waals surface area contributed by atoms with Crippen molar-refractivity contribution in [2.24, 2.45) is 0 Å². The third kappa shape index (κ3) is 4.39. The summed E-state index contributed by atoms with van der Waals surface area (Å²) in [5.74, 6) is 0.935. The normalized spacial score (nSPS) is 17.8. The van der Waals surface area contributed by atoms with Crippen LogP contribution < -0.4 is 10.1 Å². The molecule has 0 unspecified atom stereocenters. The molecule has 2 heterocycles. The number of hydrogen-bond donors (Lipinski definition) is 1. The van der Waals surface area contributed by atoms with Crippen molar-refractivity contribution >= 4 is 0 Å². The predicted octanol–water partition coefficient (Wildman–Crippen LogP) is 3.88. The molecule has 0 radical (unpaired) electrons. The largest absolute Gasteiger partial charge is 0.494 e. The lowest BCUT2D eigenvalue weighted by molar-refractivity contribution is 0.0490. The molecule has 1 atom stereocenters. The summed E-state index contributed by atoms with van der Waals surface area (Å²) in [6.07, 6.45) is 5.82. The average molecular weight is 340 g/mol. The van der Waals surface area contributed by atoms with E-state index in [0.29, 0.717) is 6.61 Å². The molecule has 1 aliphatic rings. The number of ether oxygens (including phenoxy) is 2. The monoisotopic (exact) mass is 340 g/mol. The summed E-state index contributed by atoms with van der Waals surface area (Å²) in [6, 6.07) is 13.0. The van der Waals surface area contributed by atoms with Gasteiger partial charge in [-0.2, -0.15) is 0 Å². The molecule has 0 saturated carbocycles. The first kappa shape index (κ1) is 17.9. The first-order chi connectivity index (χ1) is 12.2. The quantitative estimate of drug-likeness (QED) is 0.831. The molecule has 0 amide bonds. The number of aromatic nitrogens is 1. The van der Waals surface area contributed by atoms with Crippen LogP contribution >= 0.6 is 0 Å². The maximum Gasteiger partial charge on any atom is 0.119 e. The molecule has 4 nitrogen and oxygen atoms in total. The average Bonchev–Trinajstić information content (AvgIpc) is 2.68. The van der Waals surface area contributed by atoms with Crippen molar-refractivity contribution in [1.82, 2.24) is 10.3 Å². The number of nitrogens with zero attached hydrogens (tertiary/aromatic N) is 1. The number of hydrogen-bond acceptors (Lipinski definition) is 4. The molecular weight excluding hydrogens is 312 g/mol. The summed E-state index contributed by atoms with van der Waals surface area (Å²) in [5.41, 5.74) is 2.70. The van der Waals surface area contributed by atoms with E-state index in [1.807, 2.05) is 25.4 Å². The fraction of sp³-hybridized carbons (Fsp3) is 0.476. The lowest BCUT2D eigenvalue weighted by Gasteiger charge is -2.39. The Kier molecular flexibility index (Phi) is 6.05. The number of benzene rings is 1. The van der Waals surface area contributed by atoms with Crippen LogP contribution in [-0.4, -0.2) is 31.3 Å². The molecule has 1 aliphatic heterocycles. The highest BCUT2D eigenvalue weighted by atomic mass is 16.5. The molecular formula is C21H28N2O2. The van der Waals surface area contributed by atoms with Crippen molar-refractivity contribution in [3.63, 3.8) is 0 Å². The lowest BCUT2D eigenvalue weighted by Crippen LogP contribution is -2.43. The molecule has 0 spiro atoms. The van der Waals surface area contributed by atoms with E-state index in [9.17, 15) is 0 Å². The van der Waals surface area contributed by atoms with Gasteiger partial charge < -0.3 is 14.8 Å². The molecule has 3 rings (SSSR count). The Morgan fingerprint density at radius 1 is 1.20 bits per heavy atom. The van der Waals surface area contributed by atoms with Gasteiger partial charge in [0.2, 0.25) is 0 Å². The Balaban J connectivity index is 1.74. The van der Waals surface area contributed by atoms with Gasteiger partial charge in [-0.05, 0) is 56.0 Å². The molecule has 1 aromatic carbocycles. The number of pyridine rings is 1. The van der Waals surface area contributed by atoms with E-state index in [1.54, 1.807) is 0 Å². The van der Waals surface area contributed by atoms with Gasteiger partial charge in [0.05, 0.1) is 6.61 Å². The standard InChI is InChI=1S/C21H28N2O2/c1-3-25-20-8-6-19(7-9-20)21(10-13-24-14-11-21)16-23-17(2)18-5-4-12-22-15-18/h4-9,12,15,17,23H,3,10-11,13-14,16H2,1-2H3/t17-/m1/s1. The van der Waals surface area contributed by atoms with E-state index in [2.05, 4.69) is 47.6 Å². The first-order valence-electron chi connectivity index (χ1n) is 9.18. The second-order valence-corrected chi connectivity index (χ2v) is 6.74. The van der Waals surface area contributed by atoms with Gasteiger partial charge in [0, 0.05) is 43.6 Å². The Morgan fingerprint density at radius 2 is 1.96 bits per heavy atom. The van der Waals surface area contributed by atoms with Crippen LogP contribution in [0.2, 0.25) is 0 Å². The molecule has 2 aromatic rings. The van der Waals surface area contributed by atoms with Gasteiger partial charge in [0.25, 0.3) is 0 Å². The molecule has 0 aliphatic carbocycles. The van der Waals surface area contributed by atoms with Crippen LogP contribution in [0.3, 0.4) is 0 Å². The summed E-state index contributed by atoms with van der Waals surface area (Å²) in [5, 5.41) is 3.72. The zero-order chi connectivity index (χ0) is 17.5. The van der Waals surface area contributed by atoms with Crippen LogP contribution in [0.5, 0.6) is 5.75 Å². The van der Waals surface area contributed by atoms with Crippen LogP contribution in [0.25, 0.3) is 0 Å². The summed E-state index contributed by atoms with van der Waals surface area (Å²) in [7, 11) is 0. The second kappa shape index (κ2) is 8.45. The van der Waals surface area contributed by atoms with Crippen LogP contribution in [0.15, 0.2) is 48.8 Å². The molecule has 134 valence electrons. The van der Waals surface area contributed by atoms with E-state index < -0.39 is 0 Å². The van der Waals surface area contributed by atoms with E-state index in [0.717, 1.165) is 38.3 Å². The third-order valence-corrected chi connectivity index (χ3v) is 5.16. The number of rotatable bonds is 7. The molecule has 0 bridgehead atoms. The molecule has 25 heavy (non-hydrogen) atoms. The fourth-order valence-electron chi connectivity index (χ4n) is 3.50. The van der Waals surface area contributed by atoms with Crippen LogP contribution in [0.4, 0.5) is 0 Å². The smallest absolute Gasteiger partial charge is 0.119 e. The molecule has 4 heteroatoms. The van der Waals surface area contributed by atoms with E-state index >= 15 is 0 Å². The van der Waals surface area contributed by atoms with Gasteiger partial charge in [-0.15, -0.1) is 0 Å². The first-order valence-corrected chi connectivity index (χ1v) is 9.18. The van der Waals surface area contributed by atoms with Gasteiger partial charge in [0.15, 0.2) is 0 Å². The van der Waals surface area contributed by atoms with Crippen molar-refractivity contribution in [3.05, 3.63) is 59.9 Å². The predicted molar refractivity (Wildman–Crippen MR) is 100.0 cm³/mol. The topological polar surface area (TPSA) is 43.4 Å². The van der Waals surface area contributed by atoms with E-state index in [-0.39, 0.29) is 11.5 Å². The molecule has 1 N–H and O–H groups in total. The minimum Gasteiger partial charge on any atom is -0.494 e. The van der Waals surface area contributed by atoms with Gasteiger partial charge >= 0.3 is 0 Å². The highest BCUT2D eigenvalue weighted by molar-refractivity contribution is 5.33. The maximum atomic E-state index is 5.64. The minimum absolute atomic E-state index is 0.111. The maximum absolute atomic E-state index is 5.64. The SMILES string of the molecule is CCOc1ccc(C2(CN[C@H](C)c3cccnc3)CCOCC2)cc1. The number of nitrogens with one attached hydrogen (secondary N) is 1. The molecule has 1 aromatic heterocycles. The zero-order valence-corrected chi connectivity index (χ0v) is 15.2. The lowest BCUT2D eigenvalue weighted by atomic mass is 9.74. The van der Waals surface area contributed by atoms with Gasteiger partial charge in [-0.3, -0.25) is 4.98 Å². The van der Waals surface area contributed by atoms with Gasteiger partial charge in [-0.1, -0.05) is 18.2 Å². The van der Waals surface area contributed by atoms with Gasteiger partial charge in [-0.25, -0.2) is 0 Å². The highest BCUT2D eigenvalue weighted by Crippen LogP contribution is 2.35. The van der Waals surface area contributed by atoms with Crippen molar-refractivity contribution in [1.29, 1.82) is 0 Å². The van der Waals surface area contributed by atoms with Crippen LogP contribution in [0.1, 0.15) is 43.9 Å². The Bertz CT molecular complexity index is 637.